The summed E-state index contributed by atoms with van der Waals surface area (Å²) in [6, 6.07) is 5.72. The van der Waals surface area contributed by atoms with Gasteiger partial charge in [0.15, 0.2) is 0 Å². The maximum Gasteiger partial charge on any atom is 0.127 e. The summed E-state index contributed by atoms with van der Waals surface area (Å²) in [5, 5.41) is 8.88. The Kier molecular flexibility index (Phi) is 3.03. The van der Waals surface area contributed by atoms with Crippen LogP contribution >= 0.6 is 0 Å². The van der Waals surface area contributed by atoms with E-state index in [1.165, 1.54) is 6.07 Å². The van der Waals surface area contributed by atoms with E-state index in [-0.39, 0.29) is 18.0 Å². The van der Waals surface area contributed by atoms with Gasteiger partial charge in [-0.3, -0.25) is 0 Å². The zero-order valence-corrected chi connectivity index (χ0v) is 7.20. The fourth-order valence-corrected chi connectivity index (χ4v) is 1.14. The Bertz CT molecular complexity index is 312. The Morgan fingerprint density at radius 3 is 2.69 bits per heavy atom. The van der Waals surface area contributed by atoms with E-state index >= 15 is 0 Å². The predicted molar refractivity (Wildman–Crippen MR) is 49.7 cm³/mol. The van der Waals surface area contributed by atoms with E-state index in [0.29, 0.717) is 5.56 Å². The number of hydrogen-bond acceptors (Lipinski definition) is 2. The second-order valence-electron chi connectivity index (χ2n) is 2.90. The second kappa shape index (κ2) is 4.05. The summed E-state index contributed by atoms with van der Waals surface area (Å²) in [6.45, 7) is 3.30. The number of hydrogen-bond donors (Lipinski definition) is 2. The van der Waals surface area contributed by atoms with Gasteiger partial charge in [0.05, 0.1) is 5.76 Å². The van der Waals surface area contributed by atoms with E-state index < -0.39 is 6.04 Å². The van der Waals surface area contributed by atoms with Crippen molar-refractivity contribution in [1.29, 1.82) is 0 Å². The van der Waals surface area contributed by atoms with Crippen molar-refractivity contribution in [3.8, 4) is 0 Å². The number of aliphatic hydroxyl groups is 1. The molecule has 1 aromatic carbocycles. The van der Waals surface area contributed by atoms with Crippen LogP contribution in [0.3, 0.4) is 0 Å². The average molecular weight is 181 g/mol. The predicted octanol–water partition coefficient (Wildman–Crippen LogP) is 2.29. The van der Waals surface area contributed by atoms with Gasteiger partial charge < -0.3 is 10.8 Å². The van der Waals surface area contributed by atoms with Crippen LogP contribution in [0.2, 0.25) is 0 Å². The van der Waals surface area contributed by atoms with Crippen LogP contribution in [0.5, 0.6) is 0 Å². The molecule has 0 fully saturated rings. The molecule has 2 nitrogen and oxygen atoms in total. The van der Waals surface area contributed by atoms with Gasteiger partial charge >= 0.3 is 0 Å². The largest absolute Gasteiger partial charge is 0.513 e. The molecule has 0 radical (unpaired) electrons. The van der Waals surface area contributed by atoms with E-state index in [2.05, 4.69) is 6.58 Å². The molecule has 0 saturated heterocycles. The summed E-state index contributed by atoms with van der Waals surface area (Å²) in [5.74, 6) is -0.382. The van der Waals surface area contributed by atoms with Crippen LogP contribution in [0.25, 0.3) is 0 Å². The molecule has 13 heavy (non-hydrogen) atoms. The molecule has 70 valence electrons. The highest BCUT2D eigenvalue weighted by Gasteiger charge is 2.10. The number of aliphatic hydroxyl groups excluding tert-OH is 1. The first kappa shape index (κ1) is 9.74. The fraction of sp³-hybridized carbons (Fsp3) is 0.200. The Morgan fingerprint density at radius 2 is 2.15 bits per heavy atom. The van der Waals surface area contributed by atoms with Crippen molar-refractivity contribution >= 4 is 0 Å². The van der Waals surface area contributed by atoms with Crippen LogP contribution < -0.4 is 5.73 Å². The van der Waals surface area contributed by atoms with Crippen molar-refractivity contribution in [2.45, 2.75) is 12.5 Å². The Labute approximate surface area is 76.5 Å². The first-order valence-corrected chi connectivity index (χ1v) is 3.98. The molecule has 3 heteroatoms. The molecule has 0 heterocycles. The standard InChI is InChI=1S/C10H12FNO/c1-7(13)6-10(12)8-4-2-3-5-9(8)11/h2-5,10,13H,1,6,12H2/t10-/m0/s1. The lowest BCUT2D eigenvalue weighted by Crippen LogP contribution is -2.12. The molecule has 0 aliphatic heterocycles. The molecule has 0 saturated carbocycles. The van der Waals surface area contributed by atoms with Gasteiger partial charge in [0.1, 0.15) is 5.82 Å². The number of nitrogens with two attached hydrogens (primary N) is 1. The molecule has 1 aromatic rings. The monoisotopic (exact) mass is 181 g/mol. The van der Waals surface area contributed by atoms with Crippen LogP contribution in [0, 0.1) is 5.82 Å². The van der Waals surface area contributed by atoms with Gasteiger partial charge in [0.25, 0.3) is 0 Å². The first-order chi connectivity index (χ1) is 6.11. The third kappa shape index (κ3) is 2.56. The van der Waals surface area contributed by atoms with Crippen molar-refractivity contribution in [2.24, 2.45) is 5.73 Å². The molecule has 3 N–H and O–H groups in total. The van der Waals surface area contributed by atoms with Crippen LogP contribution in [0.15, 0.2) is 36.6 Å². The molecule has 0 aliphatic carbocycles. The zero-order chi connectivity index (χ0) is 9.84. The highest BCUT2D eigenvalue weighted by molar-refractivity contribution is 5.21. The van der Waals surface area contributed by atoms with Gasteiger partial charge in [-0.05, 0) is 6.07 Å². The maximum atomic E-state index is 13.1. The lowest BCUT2D eigenvalue weighted by atomic mass is 10.0. The number of halogens is 1. The van der Waals surface area contributed by atoms with E-state index in [9.17, 15) is 4.39 Å². The van der Waals surface area contributed by atoms with Gasteiger partial charge in [-0.1, -0.05) is 24.8 Å². The first-order valence-electron chi connectivity index (χ1n) is 3.98. The van der Waals surface area contributed by atoms with Gasteiger partial charge in [0, 0.05) is 18.0 Å². The third-order valence-corrected chi connectivity index (χ3v) is 1.76. The Balaban J connectivity index is 2.82. The molecular weight excluding hydrogens is 169 g/mol. The van der Waals surface area contributed by atoms with Crippen LogP contribution in [0.4, 0.5) is 4.39 Å². The molecule has 0 bridgehead atoms. The summed E-state index contributed by atoms with van der Waals surface area (Å²) in [6.07, 6.45) is 0.181. The van der Waals surface area contributed by atoms with E-state index in [1.54, 1.807) is 18.2 Å². The van der Waals surface area contributed by atoms with Gasteiger partial charge in [-0.2, -0.15) is 0 Å². The fourth-order valence-electron chi connectivity index (χ4n) is 1.14. The molecule has 0 unspecified atom stereocenters. The second-order valence-corrected chi connectivity index (χ2v) is 2.90. The van der Waals surface area contributed by atoms with Crippen molar-refractivity contribution in [1.82, 2.24) is 0 Å². The van der Waals surface area contributed by atoms with Crippen molar-refractivity contribution < 1.29 is 9.50 Å². The number of rotatable bonds is 3. The van der Waals surface area contributed by atoms with Crippen LogP contribution in [-0.2, 0) is 0 Å². The molecule has 0 spiro atoms. The normalized spacial score (nSPS) is 12.5. The van der Waals surface area contributed by atoms with Gasteiger partial charge in [-0.15, -0.1) is 0 Å². The molecule has 0 amide bonds. The summed E-state index contributed by atoms with van der Waals surface area (Å²) in [4.78, 5) is 0. The van der Waals surface area contributed by atoms with E-state index in [4.69, 9.17) is 10.8 Å². The lowest BCUT2D eigenvalue weighted by Gasteiger charge is -2.11. The minimum Gasteiger partial charge on any atom is -0.513 e. The van der Waals surface area contributed by atoms with E-state index in [1.807, 2.05) is 0 Å². The Morgan fingerprint density at radius 1 is 1.54 bits per heavy atom. The molecule has 0 aromatic heterocycles. The zero-order valence-electron chi connectivity index (χ0n) is 7.20. The maximum absolute atomic E-state index is 13.1. The smallest absolute Gasteiger partial charge is 0.127 e. The highest BCUT2D eigenvalue weighted by Crippen LogP contribution is 2.19. The lowest BCUT2D eigenvalue weighted by molar-refractivity contribution is 0.376. The molecule has 0 aliphatic rings. The quantitative estimate of drug-likeness (QED) is 0.703. The molecule has 1 atom stereocenters. The SMILES string of the molecule is C=C(O)C[C@H](N)c1ccccc1F. The third-order valence-electron chi connectivity index (χ3n) is 1.76. The van der Waals surface area contributed by atoms with Crippen molar-refractivity contribution in [2.75, 3.05) is 0 Å². The van der Waals surface area contributed by atoms with Crippen LogP contribution in [-0.4, -0.2) is 5.11 Å². The van der Waals surface area contributed by atoms with Crippen molar-refractivity contribution in [3.63, 3.8) is 0 Å². The number of benzene rings is 1. The topological polar surface area (TPSA) is 46.2 Å². The highest BCUT2D eigenvalue weighted by atomic mass is 19.1. The summed E-state index contributed by atoms with van der Waals surface area (Å²) < 4.78 is 13.1. The molecular formula is C10H12FNO. The van der Waals surface area contributed by atoms with Gasteiger partial charge in [0.2, 0.25) is 0 Å². The summed E-state index contributed by atoms with van der Waals surface area (Å²) >= 11 is 0. The van der Waals surface area contributed by atoms with Gasteiger partial charge in [-0.25, -0.2) is 4.39 Å². The minimum atomic E-state index is -0.529. The van der Waals surface area contributed by atoms with Crippen LogP contribution in [0.1, 0.15) is 18.0 Å². The minimum absolute atomic E-state index is 0.0317. The summed E-state index contributed by atoms with van der Waals surface area (Å²) in [5.41, 5.74) is 6.04. The molecule has 1 rings (SSSR count). The van der Waals surface area contributed by atoms with E-state index in [0.717, 1.165) is 0 Å². The Hall–Kier alpha value is -1.35. The van der Waals surface area contributed by atoms with Crippen molar-refractivity contribution in [3.05, 3.63) is 48.0 Å². The summed E-state index contributed by atoms with van der Waals surface area (Å²) in [7, 11) is 0. The average Bonchev–Trinajstić information content (AvgIpc) is 2.03.